The molecule has 0 aromatic heterocycles. The molecule has 1 aromatic carbocycles. The van der Waals surface area contributed by atoms with Crippen LogP contribution in [0, 0.1) is 0 Å². The van der Waals surface area contributed by atoms with Crippen LogP contribution in [0.1, 0.15) is 30.6 Å². The molecule has 2 unspecified atom stereocenters. The highest BCUT2D eigenvalue weighted by atomic mass is 16.5. The van der Waals surface area contributed by atoms with E-state index in [0.29, 0.717) is 18.7 Å². The minimum absolute atomic E-state index is 0.00806. The molecule has 2 rings (SSSR count). The van der Waals surface area contributed by atoms with Crippen LogP contribution in [0.3, 0.4) is 0 Å². The van der Waals surface area contributed by atoms with Gasteiger partial charge in [-0.3, -0.25) is 4.79 Å². The standard InChI is InChI=1S/C16H24N2O3/c1-3-8-17-14-6-4-13(5-7-14)16(20)18-9-15(10-19)21-11-12(18)2/h4-7,12,15,17,19H,3,8-11H2,1-2H3. The maximum absolute atomic E-state index is 12.6. The average molecular weight is 292 g/mol. The summed E-state index contributed by atoms with van der Waals surface area (Å²) in [5, 5.41) is 12.5. The number of ether oxygens (including phenoxy) is 1. The molecule has 1 heterocycles. The number of morpholine rings is 1. The molecule has 0 radical (unpaired) electrons. The van der Waals surface area contributed by atoms with Gasteiger partial charge in [0.2, 0.25) is 0 Å². The van der Waals surface area contributed by atoms with Crippen molar-refractivity contribution >= 4 is 11.6 Å². The van der Waals surface area contributed by atoms with E-state index in [1.54, 1.807) is 4.90 Å². The number of aliphatic hydroxyl groups is 1. The summed E-state index contributed by atoms with van der Waals surface area (Å²) < 4.78 is 5.47. The first-order valence-electron chi connectivity index (χ1n) is 7.53. The number of nitrogens with one attached hydrogen (secondary N) is 1. The summed E-state index contributed by atoms with van der Waals surface area (Å²) in [6.07, 6.45) is 0.782. The zero-order valence-electron chi connectivity index (χ0n) is 12.7. The predicted octanol–water partition coefficient (Wildman–Crippen LogP) is 1.73. The maximum Gasteiger partial charge on any atom is 0.254 e. The van der Waals surface area contributed by atoms with Crippen LogP contribution in [0.15, 0.2) is 24.3 Å². The summed E-state index contributed by atoms with van der Waals surface area (Å²) in [5.41, 5.74) is 1.69. The molecule has 1 aliphatic rings. The summed E-state index contributed by atoms with van der Waals surface area (Å²) in [4.78, 5) is 14.3. The summed E-state index contributed by atoms with van der Waals surface area (Å²) in [7, 11) is 0. The van der Waals surface area contributed by atoms with E-state index in [9.17, 15) is 9.90 Å². The van der Waals surface area contributed by atoms with Crippen molar-refractivity contribution in [2.45, 2.75) is 32.4 Å². The summed E-state index contributed by atoms with van der Waals surface area (Å²) in [5.74, 6) is -0.00806. The Morgan fingerprint density at radius 1 is 1.43 bits per heavy atom. The van der Waals surface area contributed by atoms with Crippen LogP contribution in [-0.4, -0.2) is 54.4 Å². The van der Waals surface area contributed by atoms with E-state index in [1.807, 2.05) is 31.2 Å². The van der Waals surface area contributed by atoms with E-state index in [2.05, 4.69) is 12.2 Å². The van der Waals surface area contributed by atoms with Gasteiger partial charge in [-0.25, -0.2) is 0 Å². The number of carbonyl (C=O) groups excluding carboxylic acids is 1. The van der Waals surface area contributed by atoms with Gasteiger partial charge < -0.3 is 20.1 Å². The fourth-order valence-electron chi connectivity index (χ4n) is 2.38. The first-order chi connectivity index (χ1) is 10.2. The lowest BCUT2D eigenvalue weighted by molar-refractivity contribution is -0.0667. The second-order valence-corrected chi connectivity index (χ2v) is 5.45. The van der Waals surface area contributed by atoms with Gasteiger partial charge in [-0.2, -0.15) is 0 Å². The number of carbonyl (C=O) groups is 1. The monoisotopic (exact) mass is 292 g/mol. The second kappa shape index (κ2) is 7.43. The highest BCUT2D eigenvalue weighted by molar-refractivity contribution is 5.94. The Labute approximate surface area is 125 Å². The number of hydrogen-bond donors (Lipinski definition) is 2. The lowest BCUT2D eigenvalue weighted by atomic mass is 10.1. The van der Waals surface area contributed by atoms with Gasteiger partial charge in [0, 0.05) is 24.3 Å². The molecule has 5 nitrogen and oxygen atoms in total. The molecular weight excluding hydrogens is 268 g/mol. The van der Waals surface area contributed by atoms with E-state index in [-0.39, 0.29) is 24.7 Å². The lowest BCUT2D eigenvalue weighted by Gasteiger charge is -2.37. The molecule has 1 aliphatic heterocycles. The average Bonchev–Trinajstić information content (AvgIpc) is 2.53. The molecule has 1 aromatic rings. The third-order valence-electron chi connectivity index (χ3n) is 3.68. The number of anilines is 1. The van der Waals surface area contributed by atoms with Gasteiger partial charge in [-0.15, -0.1) is 0 Å². The molecule has 21 heavy (non-hydrogen) atoms. The summed E-state index contributed by atoms with van der Waals surface area (Å²) in [6.45, 7) is 5.84. The Morgan fingerprint density at radius 2 is 2.14 bits per heavy atom. The van der Waals surface area contributed by atoms with Crippen LogP contribution in [-0.2, 0) is 4.74 Å². The molecule has 0 spiro atoms. The van der Waals surface area contributed by atoms with Crippen molar-refractivity contribution in [1.29, 1.82) is 0 Å². The highest BCUT2D eigenvalue weighted by Crippen LogP contribution is 2.17. The van der Waals surface area contributed by atoms with Gasteiger partial charge in [-0.05, 0) is 37.6 Å². The number of nitrogens with zero attached hydrogens (tertiary/aromatic N) is 1. The van der Waals surface area contributed by atoms with Crippen molar-refractivity contribution in [2.24, 2.45) is 0 Å². The molecule has 116 valence electrons. The zero-order chi connectivity index (χ0) is 15.2. The smallest absolute Gasteiger partial charge is 0.254 e. The van der Waals surface area contributed by atoms with E-state index in [1.165, 1.54) is 0 Å². The molecule has 5 heteroatoms. The van der Waals surface area contributed by atoms with Crippen LogP contribution < -0.4 is 5.32 Å². The van der Waals surface area contributed by atoms with Crippen LogP contribution in [0.25, 0.3) is 0 Å². The SMILES string of the molecule is CCCNc1ccc(C(=O)N2CC(CO)OCC2C)cc1. The Balaban J connectivity index is 2.04. The Kier molecular flexibility index (Phi) is 5.59. The van der Waals surface area contributed by atoms with Crippen LogP contribution in [0.5, 0.6) is 0 Å². The number of benzene rings is 1. The van der Waals surface area contributed by atoms with E-state index in [0.717, 1.165) is 18.7 Å². The third-order valence-corrected chi connectivity index (χ3v) is 3.68. The van der Waals surface area contributed by atoms with E-state index in [4.69, 9.17) is 4.74 Å². The van der Waals surface area contributed by atoms with Gasteiger partial charge in [0.1, 0.15) is 0 Å². The second-order valence-electron chi connectivity index (χ2n) is 5.45. The normalized spacial score (nSPS) is 22.1. The molecule has 1 fully saturated rings. The third kappa shape index (κ3) is 3.95. The lowest BCUT2D eigenvalue weighted by Crippen LogP contribution is -2.52. The van der Waals surface area contributed by atoms with Gasteiger partial charge in [0.25, 0.3) is 5.91 Å². The molecule has 2 atom stereocenters. The molecule has 0 aliphatic carbocycles. The van der Waals surface area contributed by atoms with Crippen molar-refractivity contribution < 1.29 is 14.6 Å². The van der Waals surface area contributed by atoms with Crippen LogP contribution in [0.4, 0.5) is 5.69 Å². The Bertz CT molecular complexity index is 461. The minimum Gasteiger partial charge on any atom is -0.394 e. The minimum atomic E-state index is -0.282. The molecule has 2 N–H and O–H groups in total. The first kappa shape index (κ1) is 15.8. The zero-order valence-corrected chi connectivity index (χ0v) is 12.7. The highest BCUT2D eigenvalue weighted by Gasteiger charge is 2.29. The van der Waals surface area contributed by atoms with Gasteiger partial charge in [-0.1, -0.05) is 6.92 Å². The van der Waals surface area contributed by atoms with Crippen molar-refractivity contribution in [3.05, 3.63) is 29.8 Å². The fourth-order valence-corrected chi connectivity index (χ4v) is 2.38. The number of amides is 1. The Hall–Kier alpha value is -1.59. The number of rotatable bonds is 5. The largest absolute Gasteiger partial charge is 0.394 e. The molecule has 0 bridgehead atoms. The van der Waals surface area contributed by atoms with Gasteiger partial charge in [0.15, 0.2) is 0 Å². The summed E-state index contributed by atoms with van der Waals surface area (Å²) in [6, 6.07) is 7.57. The van der Waals surface area contributed by atoms with Gasteiger partial charge in [0.05, 0.1) is 25.4 Å². The Morgan fingerprint density at radius 3 is 2.76 bits per heavy atom. The first-order valence-corrected chi connectivity index (χ1v) is 7.53. The topological polar surface area (TPSA) is 61.8 Å². The number of aliphatic hydroxyl groups excluding tert-OH is 1. The molecule has 1 saturated heterocycles. The molecule has 0 saturated carbocycles. The van der Waals surface area contributed by atoms with Crippen molar-refractivity contribution in [3.8, 4) is 0 Å². The van der Waals surface area contributed by atoms with Crippen LogP contribution >= 0.6 is 0 Å². The quantitative estimate of drug-likeness (QED) is 0.867. The molecular formula is C16H24N2O3. The van der Waals surface area contributed by atoms with E-state index >= 15 is 0 Å². The fraction of sp³-hybridized carbons (Fsp3) is 0.562. The number of hydrogen-bond acceptors (Lipinski definition) is 4. The molecule has 1 amide bonds. The maximum atomic E-state index is 12.6. The predicted molar refractivity (Wildman–Crippen MR) is 82.5 cm³/mol. The summed E-state index contributed by atoms with van der Waals surface area (Å²) >= 11 is 0. The van der Waals surface area contributed by atoms with Crippen molar-refractivity contribution in [1.82, 2.24) is 4.90 Å². The van der Waals surface area contributed by atoms with Crippen LogP contribution in [0.2, 0.25) is 0 Å². The van der Waals surface area contributed by atoms with Crippen molar-refractivity contribution in [3.63, 3.8) is 0 Å². The van der Waals surface area contributed by atoms with E-state index < -0.39 is 0 Å². The van der Waals surface area contributed by atoms with Gasteiger partial charge >= 0.3 is 0 Å². The van der Waals surface area contributed by atoms with Crippen molar-refractivity contribution in [2.75, 3.05) is 31.6 Å².